The molecule has 1 aliphatic heterocycles. The van der Waals surface area contributed by atoms with Crippen LogP contribution in [0.3, 0.4) is 0 Å². The van der Waals surface area contributed by atoms with Gasteiger partial charge in [0.1, 0.15) is 11.4 Å². The molecule has 10 heteroatoms. The van der Waals surface area contributed by atoms with Crippen molar-refractivity contribution in [3.8, 4) is 5.75 Å². The maximum Gasteiger partial charge on any atom is 0.438 e. The van der Waals surface area contributed by atoms with E-state index in [1.807, 2.05) is 0 Å². The van der Waals surface area contributed by atoms with Gasteiger partial charge in [0.25, 0.3) is 17.4 Å². The summed E-state index contributed by atoms with van der Waals surface area (Å²) < 4.78 is 6.20. The molecule has 2 amide bonds. The van der Waals surface area contributed by atoms with Crippen LogP contribution in [0.2, 0.25) is 0 Å². The van der Waals surface area contributed by atoms with E-state index in [4.69, 9.17) is 4.74 Å². The van der Waals surface area contributed by atoms with E-state index >= 15 is 0 Å². The molecule has 9 nitrogen and oxygen atoms in total. The second-order valence-electron chi connectivity index (χ2n) is 8.23. The van der Waals surface area contributed by atoms with Gasteiger partial charge in [-0.3, -0.25) is 19.3 Å². The number of fused-ring (bicyclic) bond motifs is 2. The average Bonchev–Trinajstić information content (AvgIpc) is 2.93. The molecular weight excluding hydrogens is 482 g/mol. The van der Waals surface area contributed by atoms with Crippen molar-refractivity contribution < 1.29 is 24.2 Å². The fourth-order valence-corrected chi connectivity index (χ4v) is 3.89. The summed E-state index contributed by atoms with van der Waals surface area (Å²) in [6.45, 7) is 4.57. The van der Waals surface area contributed by atoms with Crippen LogP contribution in [0.4, 0.5) is 4.79 Å². The molecular formula is C22H18BrN3O6. The number of amides is 2. The normalized spacial score (nSPS) is 13.6. The molecule has 2 aromatic carbocycles. The number of carbonyl (C=O) groups is 3. The Balaban J connectivity index is 1.88. The summed E-state index contributed by atoms with van der Waals surface area (Å²) >= 11 is 3.25. The highest BCUT2D eigenvalue weighted by atomic mass is 79.9. The molecule has 0 radical (unpaired) electrons. The van der Waals surface area contributed by atoms with Gasteiger partial charge < -0.3 is 9.84 Å². The number of halogens is 1. The number of hydrogen-bond donors (Lipinski definition) is 1. The first-order chi connectivity index (χ1) is 15.0. The Morgan fingerprint density at radius 3 is 2.25 bits per heavy atom. The lowest BCUT2D eigenvalue weighted by atomic mass is 10.1. The van der Waals surface area contributed by atoms with E-state index in [0.717, 1.165) is 4.90 Å². The SMILES string of the molecule is CC(C)(C)OC(=O)n1nc(CN2C(=O)c3ccccc3C2=O)c2cc(Br)cc(O)c2c1=O. The Labute approximate surface area is 190 Å². The molecule has 0 fully saturated rings. The minimum Gasteiger partial charge on any atom is -0.507 e. The van der Waals surface area contributed by atoms with Crippen molar-refractivity contribution in [1.82, 2.24) is 14.7 Å². The monoisotopic (exact) mass is 499 g/mol. The van der Waals surface area contributed by atoms with E-state index in [-0.39, 0.29) is 39.9 Å². The van der Waals surface area contributed by atoms with Gasteiger partial charge >= 0.3 is 6.09 Å². The number of ether oxygens (including phenoxy) is 1. The number of nitrogens with zero attached hydrogens (tertiary/aromatic N) is 3. The first-order valence-electron chi connectivity index (χ1n) is 9.61. The van der Waals surface area contributed by atoms with Gasteiger partial charge in [-0.05, 0) is 45.0 Å². The fraction of sp³-hybridized carbons (Fsp3) is 0.227. The first-order valence-corrected chi connectivity index (χ1v) is 10.4. The minimum absolute atomic E-state index is 0.0663. The summed E-state index contributed by atoms with van der Waals surface area (Å²) in [4.78, 5) is 52.2. The number of benzene rings is 2. The quantitative estimate of drug-likeness (QED) is 0.536. The van der Waals surface area contributed by atoms with Crippen molar-refractivity contribution in [3.05, 3.63) is 68.0 Å². The van der Waals surface area contributed by atoms with Gasteiger partial charge in [-0.2, -0.15) is 5.10 Å². The maximum atomic E-state index is 13.0. The van der Waals surface area contributed by atoms with E-state index < -0.39 is 29.1 Å². The Bertz CT molecular complexity index is 1340. The van der Waals surface area contributed by atoms with Crippen molar-refractivity contribution in [2.75, 3.05) is 0 Å². The number of phenolic OH excluding ortho intramolecular Hbond substituents is 1. The molecule has 2 heterocycles. The van der Waals surface area contributed by atoms with Crippen molar-refractivity contribution in [1.29, 1.82) is 0 Å². The van der Waals surface area contributed by atoms with Gasteiger partial charge in [-0.25, -0.2) is 4.79 Å². The number of aromatic hydroxyl groups is 1. The largest absolute Gasteiger partial charge is 0.507 e. The summed E-state index contributed by atoms with van der Waals surface area (Å²) in [7, 11) is 0. The summed E-state index contributed by atoms with van der Waals surface area (Å²) in [5.41, 5.74) is -1.21. The Morgan fingerprint density at radius 1 is 1.09 bits per heavy atom. The Kier molecular flexibility index (Phi) is 5.12. The highest BCUT2D eigenvalue weighted by Crippen LogP contribution is 2.30. The van der Waals surface area contributed by atoms with E-state index in [2.05, 4.69) is 21.0 Å². The summed E-state index contributed by atoms with van der Waals surface area (Å²) in [5, 5.41) is 14.6. The first kappa shape index (κ1) is 21.7. The van der Waals surface area contributed by atoms with Crippen molar-refractivity contribution in [3.63, 3.8) is 0 Å². The third-order valence-electron chi connectivity index (χ3n) is 4.77. The van der Waals surface area contributed by atoms with Crippen LogP contribution >= 0.6 is 15.9 Å². The van der Waals surface area contributed by atoms with Crippen molar-refractivity contribution >= 4 is 44.6 Å². The molecule has 0 unspecified atom stereocenters. The lowest BCUT2D eigenvalue weighted by molar-refractivity contribution is 0.0505. The molecule has 164 valence electrons. The number of hydrogen-bond acceptors (Lipinski definition) is 7. The van der Waals surface area contributed by atoms with E-state index in [9.17, 15) is 24.3 Å². The fourth-order valence-electron chi connectivity index (χ4n) is 3.45. The van der Waals surface area contributed by atoms with Crippen LogP contribution in [0.25, 0.3) is 10.8 Å². The van der Waals surface area contributed by atoms with Crippen LogP contribution in [-0.4, -0.2) is 43.3 Å². The predicted octanol–water partition coefficient (Wildman–Crippen LogP) is 3.44. The molecule has 0 spiro atoms. The Hall–Kier alpha value is -3.53. The van der Waals surface area contributed by atoms with E-state index in [1.54, 1.807) is 45.0 Å². The summed E-state index contributed by atoms with van der Waals surface area (Å²) in [5.74, 6) is -1.42. The number of rotatable bonds is 2. The molecule has 0 bridgehead atoms. The van der Waals surface area contributed by atoms with Crippen LogP contribution in [-0.2, 0) is 11.3 Å². The van der Waals surface area contributed by atoms with E-state index in [0.29, 0.717) is 9.15 Å². The highest BCUT2D eigenvalue weighted by Gasteiger charge is 2.36. The second-order valence-corrected chi connectivity index (χ2v) is 9.15. The van der Waals surface area contributed by atoms with E-state index in [1.165, 1.54) is 12.1 Å². The minimum atomic E-state index is -1.05. The standard InChI is InChI=1S/C22H18BrN3O6/c1-22(2,3)32-21(31)26-20(30)17-14(8-11(23)9-16(17)27)15(24-26)10-25-18(28)12-6-4-5-7-13(12)19(25)29/h4-9,27H,10H2,1-3H3. The van der Waals surface area contributed by atoms with Gasteiger partial charge in [0.2, 0.25) is 0 Å². The number of aromatic nitrogens is 2. The summed E-state index contributed by atoms with van der Waals surface area (Å²) in [6, 6.07) is 9.22. The average molecular weight is 500 g/mol. The zero-order valence-electron chi connectivity index (χ0n) is 17.4. The van der Waals surface area contributed by atoms with Crippen LogP contribution in [0.5, 0.6) is 5.75 Å². The number of carbonyl (C=O) groups excluding carboxylic acids is 3. The van der Waals surface area contributed by atoms with Gasteiger partial charge in [-0.1, -0.05) is 28.1 Å². The topological polar surface area (TPSA) is 119 Å². The third-order valence-corrected chi connectivity index (χ3v) is 5.23. The molecule has 0 saturated heterocycles. The van der Waals surface area contributed by atoms with Crippen molar-refractivity contribution in [2.45, 2.75) is 32.9 Å². The summed E-state index contributed by atoms with van der Waals surface area (Å²) in [6.07, 6.45) is -1.05. The second kappa shape index (κ2) is 7.56. The smallest absolute Gasteiger partial charge is 0.438 e. The molecule has 3 aromatic rings. The third kappa shape index (κ3) is 3.66. The van der Waals surface area contributed by atoms with Crippen molar-refractivity contribution in [2.24, 2.45) is 0 Å². The number of imide groups is 1. The predicted molar refractivity (Wildman–Crippen MR) is 118 cm³/mol. The molecule has 1 N–H and O–H groups in total. The van der Waals surface area contributed by atoms with Gasteiger partial charge in [0, 0.05) is 9.86 Å². The van der Waals surface area contributed by atoms with Gasteiger partial charge in [0.15, 0.2) is 0 Å². The zero-order valence-corrected chi connectivity index (χ0v) is 19.0. The molecule has 4 rings (SSSR count). The van der Waals surface area contributed by atoms with Crippen LogP contribution in [0, 0.1) is 0 Å². The molecule has 1 aromatic heterocycles. The number of phenols is 1. The molecule has 32 heavy (non-hydrogen) atoms. The molecule has 0 saturated carbocycles. The lowest BCUT2D eigenvalue weighted by Gasteiger charge is -2.20. The molecule has 0 atom stereocenters. The van der Waals surface area contributed by atoms with Gasteiger partial charge in [0.05, 0.1) is 28.8 Å². The lowest BCUT2D eigenvalue weighted by Crippen LogP contribution is -2.37. The van der Waals surface area contributed by atoms with Crippen LogP contribution < -0.4 is 5.56 Å². The maximum absolute atomic E-state index is 13.0. The zero-order chi connectivity index (χ0) is 23.4. The molecule has 0 aliphatic carbocycles. The highest BCUT2D eigenvalue weighted by molar-refractivity contribution is 9.10. The van der Waals surface area contributed by atoms with Crippen LogP contribution in [0.15, 0.2) is 45.7 Å². The molecule has 1 aliphatic rings. The van der Waals surface area contributed by atoms with Gasteiger partial charge in [-0.15, -0.1) is 4.68 Å². The Morgan fingerprint density at radius 2 is 1.69 bits per heavy atom. The van der Waals surface area contributed by atoms with Crippen LogP contribution in [0.1, 0.15) is 47.2 Å².